The van der Waals surface area contributed by atoms with Gasteiger partial charge in [0.05, 0.1) is 0 Å². The first-order chi connectivity index (χ1) is 8.16. The van der Waals surface area contributed by atoms with Crippen LogP contribution in [0.2, 0.25) is 0 Å². The molecule has 2 rings (SSSR count). The number of benzene rings is 1. The third-order valence-corrected chi connectivity index (χ3v) is 4.22. The Labute approximate surface area is 119 Å². The van der Waals surface area contributed by atoms with Crippen LogP contribution in [-0.2, 0) is 0 Å². The Bertz CT molecular complexity index is 426. The van der Waals surface area contributed by atoms with E-state index < -0.39 is 0 Å². The van der Waals surface area contributed by atoms with Crippen molar-refractivity contribution in [2.75, 3.05) is 0 Å². The summed E-state index contributed by atoms with van der Waals surface area (Å²) in [6.07, 6.45) is 8.07. The Balaban J connectivity index is 2.14. The van der Waals surface area contributed by atoms with E-state index in [-0.39, 0.29) is 0 Å². The molecule has 0 bridgehead atoms. The molecule has 1 aromatic rings. The van der Waals surface area contributed by atoms with Gasteiger partial charge >= 0.3 is 119 Å². The molecule has 1 aliphatic carbocycles. The molecule has 0 saturated heterocycles. The molecule has 0 amide bonds. The number of nitrogens with zero attached hydrogens (tertiary/aromatic N) is 1. The van der Waals surface area contributed by atoms with Crippen LogP contribution in [-0.4, -0.2) is 49.4 Å². The van der Waals surface area contributed by atoms with Crippen LogP contribution in [0.5, 0.6) is 5.75 Å². The Morgan fingerprint density at radius 2 is 1.88 bits per heavy atom. The van der Waals surface area contributed by atoms with Gasteiger partial charge in [0.25, 0.3) is 0 Å². The molecule has 2 radical (unpaired) electrons. The summed E-state index contributed by atoms with van der Waals surface area (Å²) in [6, 6.07) is 4.24. The van der Waals surface area contributed by atoms with Gasteiger partial charge in [-0.2, -0.15) is 0 Å². The first-order valence-electron chi connectivity index (χ1n) is 5.91. The van der Waals surface area contributed by atoms with Crippen molar-refractivity contribution >= 4 is 47.2 Å². The Morgan fingerprint density at radius 1 is 1.18 bits per heavy atom. The third-order valence-electron chi connectivity index (χ3n) is 3.08. The number of aliphatic imine (C=N–C) groups is 1. The molecule has 90 valence electrons. The van der Waals surface area contributed by atoms with Crippen molar-refractivity contribution in [2.24, 2.45) is 4.99 Å². The molecule has 2 nitrogen and oxygen atoms in total. The fourth-order valence-electron chi connectivity index (χ4n) is 2.12. The summed E-state index contributed by atoms with van der Waals surface area (Å²) < 4.78 is 1.79. The van der Waals surface area contributed by atoms with Gasteiger partial charge in [0.2, 0.25) is 0 Å². The number of hydrogen-bond acceptors (Lipinski definition) is 2. The molecular formula is C13H15NOSe2. The zero-order valence-corrected chi connectivity index (χ0v) is 13.0. The average Bonchev–Trinajstić information content (AvgIpc) is 2.33. The summed E-state index contributed by atoms with van der Waals surface area (Å²) in [5.41, 5.74) is 0.792. The number of aromatic hydroxyl groups is 1. The number of phenols is 1. The molecule has 1 aliphatic rings. The molecule has 0 unspecified atom stereocenters. The predicted octanol–water partition coefficient (Wildman–Crippen LogP) is 0.731. The molecule has 4 heteroatoms. The summed E-state index contributed by atoms with van der Waals surface area (Å²) in [6.45, 7) is 0. The molecule has 1 saturated carbocycles. The van der Waals surface area contributed by atoms with Crippen molar-refractivity contribution in [1.82, 2.24) is 0 Å². The van der Waals surface area contributed by atoms with Gasteiger partial charge in [-0.3, -0.25) is 0 Å². The zero-order valence-electron chi connectivity index (χ0n) is 9.56. The number of phenolic OH excluding ortho intramolecular Hbond substituents is 1. The molecule has 17 heavy (non-hydrogen) atoms. The standard InChI is InChI=1S/C13H15NOSe2/c15-13-9(6-11(16)7-12(13)17)8-14-10-4-2-1-3-5-10/h6-8,10,15H,1-5H2. The average molecular weight is 359 g/mol. The van der Waals surface area contributed by atoms with E-state index in [1.165, 1.54) is 32.1 Å². The quantitative estimate of drug-likeness (QED) is 0.613. The maximum absolute atomic E-state index is 9.92. The molecule has 1 fully saturated rings. The summed E-state index contributed by atoms with van der Waals surface area (Å²) in [7, 11) is 0. The van der Waals surface area contributed by atoms with Gasteiger partial charge in [0.1, 0.15) is 0 Å². The van der Waals surface area contributed by atoms with Crippen LogP contribution in [0.25, 0.3) is 0 Å². The Hall–Kier alpha value is -0.271. The van der Waals surface area contributed by atoms with Crippen LogP contribution in [0.4, 0.5) is 0 Å². The van der Waals surface area contributed by atoms with Crippen molar-refractivity contribution in [3.8, 4) is 5.75 Å². The van der Waals surface area contributed by atoms with Gasteiger partial charge in [0.15, 0.2) is 0 Å². The predicted molar refractivity (Wildman–Crippen MR) is 73.3 cm³/mol. The molecule has 0 spiro atoms. The summed E-state index contributed by atoms with van der Waals surface area (Å²) in [5, 5.41) is 9.92. The number of hydrogen-bond donors (Lipinski definition) is 1. The van der Waals surface area contributed by atoms with Gasteiger partial charge in [-0.05, 0) is 0 Å². The number of rotatable bonds is 2. The van der Waals surface area contributed by atoms with Gasteiger partial charge in [-0.15, -0.1) is 0 Å². The van der Waals surface area contributed by atoms with Crippen LogP contribution in [0.1, 0.15) is 37.7 Å². The van der Waals surface area contributed by atoms with Crippen molar-refractivity contribution < 1.29 is 5.11 Å². The fraction of sp³-hybridized carbons (Fsp3) is 0.462. The monoisotopic (exact) mass is 361 g/mol. The van der Waals surface area contributed by atoms with Crippen LogP contribution < -0.4 is 8.92 Å². The third kappa shape index (κ3) is 3.59. The second-order valence-electron chi connectivity index (χ2n) is 4.43. The summed E-state index contributed by atoms with van der Waals surface area (Å²) >= 11 is 5.81. The van der Waals surface area contributed by atoms with Crippen LogP contribution in [0.3, 0.4) is 0 Å². The van der Waals surface area contributed by atoms with E-state index in [9.17, 15) is 5.11 Å². The van der Waals surface area contributed by atoms with E-state index in [4.69, 9.17) is 0 Å². The van der Waals surface area contributed by atoms with Crippen molar-refractivity contribution in [1.29, 1.82) is 0 Å². The first kappa shape index (κ1) is 13.2. The Morgan fingerprint density at radius 3 is 2.59 bits per heavy atom. The molecule has 0 aromatic heterocycles. The molecule has 0 atom stereocenters. The first-order valence-corrected chi connectivity index (χ1v) is 7.62. The van der Waals surface area contributed by atoms with Crippen molar-refractivity contribution in [2.45, 2.75) is 38.1 Å². The second kappa shape index (κ2) is 6.06. The maximum atomic E-state index is 9.92. The van der Waals surface area contributed by atoms with Crippen molar-refractivity contribution in [3.05, 3.63) is 17.7 Å². The van der Waals surface area contributed by atoms with Crippen LogP contribution in [0, 0.1) is 0 Å². The topological polar surface area (TPSA) is 32.6 Å². The second-order valence-corrected chi connectivity index (χ2v) is 6.34. The molecule has 1 aromatic carbocycles. The molecule has 0 aliphatic heterocycles. The Kier molecular flexibility index (Phi) is 4.69. The van der Waals surface area contributed by atoms with E-state index >= 15 is 0 Å². The fourth-order valence-corrected chi connectivity index (χ4v) is 3.52. The summed E-state index contributed by atoms with van der Waals surface area (Å²) in [4.78, 5) is 4.58. The van der Waals surface area contributed by atoms with Crippen LogP contribution >= 0.6 is 0 Å². The normalized spacial score (nSPS) is 17.6. The zero-order chi connectivity index (χ0) is 12.3. The van der Waals surface area contributed by atoms with Crippen molar-refractivity contribution in [3.63, 3.8) is 0 Å². The van der Waals surface area contributed by atoms with Gasteiger partial charge < -0.3 is 0 Å². The SMILES string of the molecule is Oc1c([Se])cc([Se])cc1C=NC1CCCCC1. The minimum atomic E-state index is 0.295. The molecule has 0 heterocycles. The van der Waals surface area contributed by atoms with Gasteiger partial charge in [-0.1, -0.05) is 0 Å². The molecular weight excluding hydrogens is 344 g/mol. The summed E-state index contributed by atoms with van der Waals surface area (Å²) in [5.74, 6) is 0.295. The van der Waals surface area contributed by atoms with E-state index in [0.717, 1.165) is 14.5 Å². The van der Waals surface area contributed by atoms with E-state index in [2.05, 4.69) is 37.0 Å². The van der Waals surface area contributed by atoms with E-state index in [1.807, 2.05) is 18.3 Å². The van der Waals surface area contributed by atoms with Gasteiger partial charge in [0, 0.05) is 0 Å². The molecule has 1 N–H and O–H groups in total. The minimum absolute atomic E-state index is 0.295. The van der Waals surface area contributed by atoms with E-state index in [0.29, 0.717) is 11.8 Å². The van der Waals surface area contributed by atoms with Crippen LogP contribution in [0.15, 0.2) is 17.1 Å². The van der Waals surface area contributed by atoms with Gasteiger partial charge in [-0.25, -0.2) is 0 Å². The van der Waals surface area contributed by atoms with E-state index in [1.54, 1.807) is 0 Å².